The summed E-state index contributed by atoms with van der Waals surface area (Å²) in [4.78, 5) is 0. The van der Waals surface area contributed by atoms with Crippen molar-refractivity contribution < 1.29 is 5.11 Å². The Morgan fingerprint density at radius 3 is 2.62 bits per heavy atom. The van der Waals surface area contributed by atoms with Crippen molar-refractivity contribution in [2.75, 3.05) is 0 Å². The van der Waals surface area contributed by atoms with Crippen LogP contribution in [0.2, 0.25) is 0 Å². The highest BCUT2D eigenvalue weighted by molar-refractivity contribution is 14.1. The van der Waals surface area contributed by atoms with Crippen LogP contribution in [-0.4, -0.2) is 11.2 Å². The molecule has 0 aromatic heterocycles. The molecular formula is C14H21IO. The minimum atomic E-state index is -0.173. The van der Waals surface area contributed by atoms with Gasteiger partial charge in [0.1, 0.15) is 0 Å². The molecule has 1 N–H and O–H groups in total. The van der Waals surface area contributed by atoms with Crippen LogP contribution in [-0.2, 0) is 0 Å². The lowest BCUT2D eigenvalue weighted by atomic mass is 9.71. The summed E-state index contributed by atoms with van der Waals surface area (Å²) in [5.41, 5.74) is 4.06. The molecule has 1 nitrogen and oxygen atoms in total. The first-order valence-corrected chi connectivity index (χ1v) is 6.95. The largest absolute Gasteiger partial charge is 0.393 e. The Labute approximate surface area is 112 Å². The number of hydrogen-bond donors (Lipinski definition) is 1. The van der Waals surface area contributed by atoms with Crippen molar-refractivity contribution in [3.05, 3.63) is 33.0 Å². The van der Waals surface area contributed by atoms with Gasteiger partial charge in [0, 0.05) is 0 Å². The fraction of sp³-hybridized carbons (Fsp3) is 0.571. The second-order valence-corrected chi connectivity index (χ2v) is 5.95. The molecule has 1 aliphatic carbocycles. The molecule has 0 bridgehead atoms. The van der Waals surface area contributed by atoms with Crippen LogP contribution in [0.5, 0.6) is 0 Å². The van der Waals surface area contributed by atoms with Gasteiger partial charge < -0.3 is 5.11 Å². The predicted molar refractivity (Wildman–Crippen MR) is 78.6 cm³/mol. The zero-order valence-electron chi connectivity index (χ0n) is 10.5. The topological polar surface area (TPSA) is 20.2 Å². The summed E-state index contributed by atoms with van der Waals surface area (Å²) in [7, 11) is 0. The minimum Gasteiger partial charge on any atom is -0.393 e. The maximum absolute atomic E-state index is 9.79. The van der Waals surface area contributed by atoms with Crippen LogP contribution in [0.25, 0.3) is 0 Å². The average Bonchev–Trinajstić information content (AvgIpc) is 2.14. The SMILES string of the molecule is CC1=C(/C=C/C(C)=C/I)C(C)(C)C[C@H](O)C1. The lowest BCUT2D eigenvalue weighted by Crippen LogP contribution is -2.28. The molecule has 0 aromatic carbocycles. The minimum absolute atomic E-state index is 0.0871. The molecule has 0 amide bonds. The van der Waals surface area contributed by atoms with Crippen LogP contribution in [0, 0.1) is 5.41 Å². The van der Waals surface area contributed by atoms with Gasteiger partial charge in [-0.1, -0.05) is 54.2 Å². The highest BCUT2D eigenvalue weighted by Gasteiger charge is 2.31. The third kappa shape index (κ3) is 3.45. The smallest absolute Gasteiger partial charge is 0.0585 e. The Morgan fingerprint density at radius 2 is 2.12 bits per heavy atom. The van der Waals surface area contributed by atoms with Gasteiger partial charge in [-0.25, -0.2) is 0 Å². The number of aliphatic hydroxyl groups excluding tert-OH is 1. The Balaban J connectivity index is 3.00. The monoisotopic (exact) mass is 332 g/mol. The van der Waals surface area contributed by atoms with E-state index >= 15 is 0 Å². The van der Waals surface area contributed by atoms with Crippen LogP contribution >= 0.6 is 22.6 Å². The fourth-order valence-electron chi connectivity index (χ4n) is 2.43. The van der Waals surface area contributed by atoms with Crippen molar-refractivity contribution >= 4 is 22.6 Å². The molecule has 1 atom stereocenters. The highest BCUT2D eigenvalue weighted by Crippen LogP contribution is 2.40. The summed E-state index contributed by atoms with van der Waals surface area (Å²) in [5, 5.41) is 9.79. The van der Waals surface area contributed by atoms with E-state index in [1.807, 2.05) is 0 Å². The number of hydrogen-bond acceptors (Lipinski definition) is 1. The molecule has 0 spiro atoms. The number of rotatable bonds is 2. The third-order valence-corrected chi connectivity index (χ3v) is 4.14. The predicted octanol–water partition coefficient (Wildman–Crippen LogP) is 4.38. The van der Waals surface area contributed by atoms with Gasteiger partial charge in [0.25, 0.3) is 0 Å². The summed E-state index contributed by atoms with van der Waals surface area (Å²) in [6, 6.07) is 0. The van der Waals surface area contributed by atoms with Gasteiger partial charge in [-0.2, -0.15) is 0 Å². The molecule has 0 aromatic rings. The third-order valence-electron chi connectivity index (χ3n) is 3.16. The van der Waals surface area contributed by atoms with Crippen LogP contribution in [0.15, 0.2) is 33.0 Å². The molecule has 0 aliphatic heterocycles. The van der Waals surface area contributed by atoms with E-state index in [9.17, 15) is 5.11 Å². The van der Waals surface area contributed by atoms with Crippen molar-refractivity contribution in [1.82, 2.24) is 0 Å². The lowest BCUT2D eigenvalue weighted by Gasteiger charge is -2.35. The first-order chi connectivity index (χ1) is 7.36. The maximum atomic E-state index is 9.79. The van der Waals surface area contributed by atoms with Gasteiger partial charge in [-0.15, -0.1) is 0 Å². The molecular weight excluding hydrogens is 311 g/mol. The van der Waals surface area contributed by atoms with Crippen molar-refractivity contribution in [1.29, 1.82) is 0 Å². The van der Waals surface area contributed by atoms with Gasteiger partial charge in [-0.3, -0.25) is 0 Å². The summed E-state index contributed by atoms with van der Waals surface area (Å²) < 4.78 is 2.08. The standard InChI is InChI=1S/C14H21IO/c1-10(9-15)5-6-13-11(2)7-12(16)8-14(13,3)4/h5-6,9,12,16H,7-8H2,1-4H3/b6-5+,10-9+/t12-/m1/s1. The van der Waals surface area contributed by atoms with E-state index in [4.69, 9.17) is 0 Å². The molecule has 0 radical (unpaired) electrons. The second-order valence-electron chi connectivity index (χ2n) is 5.33. The van der Waals surface area contributed by atoms with Gasteiger partial charge in [-0.05, 0) is 47.3 Å². The Kier molecular flexibility index (Phi) is 4.80. The number of halogens is 1. The average molecular weight is 332 g/mol. The highest BCUT2D eigenvalue weighted by atomic mass is 127. The first-order valence-electron chi connectivity index (χ1n) is 5.70. The van der Waals surface area contributed by atoms with Crippen molar-refractivity contribution in [2.24, 2.45) is 5.41 Å². The molecule has 1 aliphatic rings. The quantitative estimate of drug-likeness (QED) is 0.588. The fourth-order valence-corrected chi connectivity index (χ4v) is 2.64. The molecule has 0 fully saturated rings. The molecule has 2 heteroatoms. The maximum Gasteiger partial charge on any atom is 0.0585 e. The zero-order valence-corrected chi connectivity index (χ0v) is 12.7. The van der Waals surface area contributed by atoms with Gasteiger partial charge in [0.05, 0.1) is 6.10 Å². The van der Waals surface area contributed by atoms with E-state index in [1.165, 1.54) is 16.7 Å². The molecule has 90 valence electrons. The molecule has 0 saturated carbocycles. The molecule has 16 heavy (non-hydrogen) atoms. The van der Waals surface area contributed by atoms with Crippen LogP contribution in [0.1, 0.15) is 40.5 Å². The summed E-state index contributed by atoms with van der Waals surface area (Å²) in [6.07, 6.45) is 5.87. The van der Waals surface area contributed by atoms with Crippen molar-refractivity contribution in [3.8, 4) is 0 Å². The lowest BCUT2D eigenvalue weighted by molar-refractivity contribution is 0.116. The molecule has 0 unspecified atom stereocenters. The first kappa shape index (κ1) is 14.0. The van der Waals surface area contributed by atoms with Gasteiger partial charge in [0.2, 0.25) is 0 Å². The number of aliphatic hydroxyl groups is 1. The normalized spacial score (nSPS) is 26.6. The molecule has 1 rings (SSSR count). The second kappa shape index (κ2) is 5.50. The van der Waals surface area contributed by atoms with E-state index in [1.54, 1.807) is 0 Å². The van der Waals surface area contributed by atoms with Gasteiger partial charge >= 0.3 is 0 Å². The summed E-state index contributed by atoms with van der Waals surface area (Å²) >= 11 is 2.26. The van der Waals surface area contributed by atoms with E-state index < -0.39 is 0 Å². The van der Waals surface area contributed by atoms with E-state index in [0.717, 1.165) is 12.8 Å². The Morgan fingerprint density at radius 1 is 1.50 bits per heavy atom. The Bertz CT molecular complexity index is 348. The van der Waals surface area contributed by atoms with Gasteiger partial charge in [0.15, 0.2) is 0 Å². The van der Waals surface area contributed by atoms with E-state index in [-0.39, 0.29) is 11.5 Å². The van der Waals surface area contributed by atoms with E-state index in [0.29, 0.717) is 0 Å². The molecule has 0 heterocycles. The van der Waals surface area contributed by atoms with Crippen LogP contribution in [0.4, 0.5) is 0 Å². The van der Waals surface area contributed by atoms with Crippen molar-refractivity contribution in [2.45, 2.75) is 46.6 Å². The number of allylic oxidation sites excluding steroid dienone is 4. The molecule has 0 saturated heterocycles. The summed E-state index contributed by atoms with van der Waals surface area (Å²) in [6.45, 7) is 8.65. The van der Waals surface area contributed by atoms with E-state index in [2.05, 4.69) is 66.5 Å². The Hall–Kier alpha value is -0.0900. The summed E-state index contributed by atoms with van der Waals surface area (Å²) in [5.74, 6) is 0. The zero-order chi connectivity index (χ0) is 12.3. The van der Waals surface area contributed by atoms with Crippen molar-refractivity contribution in [3.63, 3.8) is 0 Å². The van der Waals surface area contributed by atoms with Crippen LogP contribution < -0.4 is 0 Å². The van der Waals surface area contributed by atoms with Crippen LogP contribution in [0.3, 0.4) is 0 Å².